The molecule has 0 saturated heterocycles. The molecule has 0 heterocycles. The Hall–Kier alpha value is -2.10. The summed E-state index contributed by atoms with van der Waals surface area (Å²) in [5.41, 5.74) is 3.45. The van der Waals surface area contributed by atoms with E-state index in [0.717, 1.165) is 22.4 Å². The molecular weight excluding hydrogens is 549 g/mol. The Morgan fingerprint density at radius 1 is 1.06 bits per heavy atom. The minimum absolute atomic E-state index is 0.0819. The second kappa shape index (κ2) is 10.0. The maximum absolute atomic E-state index is 12.8. The number of aryl methyl sites for hydroxylation is 2. The van der Waals surface area contributed by atoms with Crippen molar-refractivity contribution in [1.29, 1.82) is 0 Å². The molecule has 162 valence electrons. The van der Waals surface area contributed by atoms with Crippen LogP contribution in [-0.4, -0.2) is 21.2 Å². The predicted octanol–water partition coefficient (Wildman–Crippen LogP) is 6.48. The highest BCUT2D eigenvalue weighted by molar-refractivity contribution is 14.1. The molecule has 0 spiro atoms. The van der Waals surface area contributed by atoms with Crippen molar-refractivity contribution in [2.75, 3.05) is 6.61 Å². The molecule has 8 heteroatoms. The first-order valence-electron chi connectivity index (χ1n) is 9.47. The van der Waals surface area contributed by atoms with E-state index in [2.05, 4.69) is 4.99 Å². The summed E-state index contributed by atoms with van der Waals surface area (Å²) in [5, 5.41) is 0.604. The van der Waals surface area contributed by atoms with Crippen LogP contribution in [0.25, 0.3) is 0 Å². The molecule has 3 rings (SSSR count). The minimum atomic E-state index is -4.01. The van der Waals surface area contributed by atoms with Gasteiger partial charge in [0.25, 0.3) is 0 Å². The van der Waals surface area contributed by atoms with Gasteiger partial charge >= 0.3 is 10.1 Å². The van der Waals surface area contributed by atoms with Gasteiger partial charge in [-0.3, -0.25) is 4.99 Å². The second-order valence-corrected chi connectivity index (χ2v) is 9.95. The molecule has 0 N–H and O–H groups in total. The third kappa shape index (κ3) is 5.99. The minimum Gasteiger partial charge on any atom is -0.490 e. The standard InChI is InChI=1S/C23H21ClINO4S/c1-4-29-22-12-17(14-26-21-13-18(24)8-7-16(21)3)11-20(25)23(22)30-31(27,28)19-9-5-15(2)6-10-19/h5-14H,4H2,1-3H3. The quantitative estimate of drug-likeness (QED) is 0.186. The monoisotopic (exact) mass is 569 g/mol. The van der Waals surface area contributed by atoms with Crippen LogP contribution in [0.5, 0.6) is 11.5 Å². The Labute approximate surface area is 201 Å². The molecule has 0 atom stereocenters. The van der Waals surface area contributed by atoms with E-state index in [1.807, 2.05) is 55.5 Å². The average molecular weight is 570 g/mol. The van der Waals surface area contributed by atoms with Crippen LogP contribution in [-0.2, 0) is 10.1 Å². The summed E-state index contributed by atoms with van der Waals surface area (Å²) >= 11 is 8.09. The van der Waals surface area contributed by atoms with Crippen molar-refractivity contribution in [1.82, 2.24) is 0 Å². The molecule has 0 saturated carbocycles. The summed E-state index contributed by atoms with van der Waals surface area (Å²) in [4.78, 5) is 4.59. The molecule has 0 bridgehead atoms. The van der Waals surface area contributed by atoms with Gasteiger partial charge in [0.2, 0.25) is 0 Å². The molecule has 0 aliphatic rings. The van der Waals surface area contributed by atoms with E-state index in [9.17, 15) is 8.42 Å². The van der Waals surface area contributed by atoms with Crippen molar-refractivity contribution in [3.8, 4) is 11.5 Å². The number of benzene rings is 3. The van der Waals surface area contributed by atoms with E-state index < -0.39 is 10.1 Å². The maximum atomic E-state index is 12.8. The van der Waals surface area contributed by atoms with E-state index in [1.54, 1.807) is 36.5 Å². The fourth-order valence-electron chi connectivity index (χ4n) is 2.73. The van der Waals surface area contributed by atoms with Crippen molar-refractivity contribution < 1.29 is 17.3 Å². The molecule has 0 amide bonds. The highest BCUT2D eigenvalue weighted by Crippen LogP contribution is 2.36. The van der Waals surface area contributed by atoms with Crippen molar-refractivity contribution in [2.45, 2.75) is 25.7 Å². The Morgan fingerprint density at radius 2 is 1.77 bits per heavy atom. The topological polar surface area (TPSA) is 65.0 Å². The van der Waals surface area contributed by atoms with Crippen LogP contribution in [0.1, 0.15) is 23.6 Å². The third-order valence-corrected chi connectivity index (χ3v) is 6.63. The molecular formula is C23H21ClINO4S. The first kappa shape index (κ1) is 23.6. The SMILES string of the molecule is CCOc1cc(C=Nc2cc(Cl)ccc2C)cc(I)c1OS(=O)(=O)c1ccc(C)cc1. The Balaban J connectivity index is 1.96. The van der Waals surface area contributed by atoms with E-state index >= 15 is 0 Å². The van der Waals surface area contributed by atoms with Crippen LogP contribution in [0, 0.1) is 17.4 Å². The average Bonchev–Trinajstić information content (AvgIpc) is 2.71. The summed E-state index contributed by atoms with van der Waals surface area (Å²) < 4.78 is 37.3. The molecule has 0 fully saturated rings. The molecule has 3 aromatic rings. The summed E-state index contributed by atoms with van der Waals surface area (Å²) in [7, 11) is -4.01. The van der Waals surface area contributed by atoms with Crippen LogP contribution < -0.4 is 8.92 Å². The highest BCUT2D eigenvalue weighted by Gasteiger charge is 2.22. The van der Waals surface area contributed by atoms with Gasteiger partial charge in [-0.15, -0.1) is 0 Å². The predicted molar refractivity (Wildman–Crippen MR) is 133 cm³/mol. The summed E-state index contributed by atoms with van der Waals surface area (Å²) in [5.74, 6) is 0.480. The van der Waals surface area contributed by atoms with Gasteiger partial charge in [0.15, 0.2) is 11.5 Å². The van der Waals surface area contributed by atoms with Crippen LogP contribution >= 0.6 is 34.2 Å². The number of ether oxygens (including phenoxy) is 1. The summed E-state index contributed by atoms with van der Waals surface area (Å²) in [6.45, 7) is 6.01. The van der Waals surface area contributed by atoms with Gasteiger partial charge < -0.3 is 8.92 Å². The molecule has 0 radical (unpaired) electrons. The number of halogens is 2. The van der Waals surface area contributed by atoms with Crippen molar-refractivity contribution in [2.24, 2.45) is 4.99 Å². The van der Waals surface area contributed by atoms with Crippen molar-refractivity contribution >= 4 is 56.2 Å². The van der Waals surface area contributed by atoms with Gasteiger partial charge in [-0.1, -0.05) is 35.4 Å². The number of aliphatic imine (C=N–C) groups is 1. The second-order valence-electron chi connectivity index (χ2n) is 6.80. The molecule has 3 aromatic carbocycles. The van der Waals surface area contributed by atoms with Gasteiger partial charge in [-0.25, -0.2) is 0 Å². The Kier molecular flexibility index (Phi) is 7.61. The number of rotatable bonds is 7. The lowest BCUT2D eigenvalue weighted by atomic mass is 10.2. The molecule has 0 aromatic heterocycles. The van der Waals surface area contributed by atoms with Gasteiger partial charge in [-0.2, -0.15) is 8.42 Å². The maximum Gasteiger partial charge on any atom is 0.339 e. The van der Waals surface area contributed by atoms with Crippen molar-refractivity contribution in [3.63, 3.8) is 0 Å². The van der Waals surface area contributed by atoms with Gasteiger partial charge in [0.1, 0.15) is 4.90 Å². The van der Waals surface area contributed by atoms with E-state index in [1.165, 1.54) is 12.1 Å². The van der Waals surface area contributed by atoms with Crippen LogP contribution in [0.2, 0.25) is 5.02 Å². The zero-order chi connectivity index (χ0) is 22.6. The van der Waals surface area contributed by atoms with Crippen LogP contribution in [0.4, 0.5) is 5.69 Å². The molecule has 0 aliphatic carbocycles. The first-order chi connectivity index (χ1) is 14.7. The van der Waals surface area contributed by atoms with Crippen LogP contribution in [0.3, 0.4) is 0 Å². The fraction of sp³-hybridized carbons (Fsp3) is 0.174. The lowest BCUT2D eigenvalue weighted by Crippen LogP contribution is -2.12. The molecule has 5 nitrogen and oxygen atoms in total. The smallest absolute Gasteiger partial charge is 0.339 e. The van der Waals surface area contributed by atoms with Crippen LogP contribution in [0.15, 0.2) is 64.5 Å². The summed E-state index contributed by atoms with van der Waals surface area (Å²) in [6.07, 6.45) is 1.68. The zero-order valence-corrected chi connectivity index (χ0v) is 21.0. The largest absolute Gasteiger partial charge is 0.490 e. The first-order valence-corrected chi connectivity index (χ1v) is 12.3. The Morgan fingerprint density at radius 3 is 2.45 bits per heavy atom. The fourth-order valence-corrected chi connectivity index (χ4v) is 4.74. The molecule has 0 unspecified atom stereocenters. The lowest BCUT2D eigenvalue weighted by Gasteiger charge is -2.14. The lowest BCUT2D eigenvalue weighted by molar-refractivity contribution is 0.327. The highest BCUT2D eigenvalue weighted by atomic mass is 127. The number of hydrogen-bond acceptors (Lipinski definition) is 5. The molecule has 31 heavy (non-hydrogen) atoms. The van der Waals surface area contributed by atoms with E-state index in [4.69, 9.17) is 20.5 Å². The zero-order valence-electron chi connectivity index (χ0n) is 17.2. The normalized spacial score (nSPS) is 11.6. The molecule has 0 aliphatic heterocycles. The number of hydrogen-bond donors (Lipinski definition) is 0. The van der Waals surface area contributed by atoms with Gasteiger partial charge in [0, 0.05) is 11.2 Å². The van der Waals surface area contributed by atoms with E-state index in [0.29, 0.717) is 20.9 Å². The van der Waals surface area contributed by atoms with Gasteiger partial charge in [-0.05, 0) is 90.9 Å². The third-order valence-electron chi connectivity index (χ3n) is 4.36. The van der Waals surface area contributed by atoms with E-state index in [-0.39, 0.29) is 10.6 Å². The van der Waals surface area contributed by atoms with Crippen molar-refractivity contribution in [3.05, 3.63) is 79.9 Å². The van der Waals surface area contributed by atoms with Gasteiger partial charge in [0.05, 0.1) is 15.9 Å². The summed E-state index contributed by atoms with van der Waals surface area (Å²) in [6, 6.07) is 15.5. The Bertz CT molecular complexity index is 1230. The number of nitrogens with zero attached hydrogens (tertiary/aromatic N) is 1.